The van der Waals surface area contributed by atoms with Gasteiger partial charge in [-0.2, -0.15) is 0 Å². The maximum absolute atomic E-state index is 10.9. The molecule has 9 heteroatoms. The maximum Gasteiger partial charge on any atom is 0.322 e. The lowest BCUT2D eigenvalue weighted by molar-refractivity contribution is -0.394. The Morgan fingerprint density at radius 1 is 1.04 bits per heavy atom. The normalized spacial score (nSPS) is 10.2. The van der Waals surface area contributed by atoms with Gasteiger partial charge in [-0.1, -0.05) is 18.2 Å². The molecule has 2 aromatic rings. The summed E-state index contributed by atoms with van der Waals surface area (Å²) < 4.78 is 0. The number of carboxylic acid groups (broad SMARTS) is 1. The molecule has 0 aliphatic carbocycles. The SMILES string of the molecule is O=C(O)CNc1ccccc1Cc1cc([N+](=O)[O-])cc([N+](=O)[O-])c1. The quantitative estimate of drug-likeness (QED) is 0.587. The van der Waals surface area contributed by atoms with Crippen LogP contribution < -0.4 is 5.32 Å². The van der Waals surface area contributed by atoms with Crippen molar-refractivity contribution in [3.63, 3.8) is 0 Å². The van der Waals surface area contributed by atoms with Crippen molar-refractivity contribution in [2.45, 2.75) is 6.42 Å². The number of hydrogen-bond acceptors (Lipinski definition) is 6. The van der Waals surface area contributed by atoms with Crippen molar-refractivity contribution in [2.24, 2.45) is 0 Å². The molecule has 0 aromatic heterocycles. The van der Waals surface area contributed by atoms with E-state index in [1.807, 2.05) is 0 Å². The first kappa shape index (κ1) is 16.9. The number of aliphatic carboxylic acids is 1. The lowest BCUT2D eigenvalue weighted by atomic mass is 10.0. The summed E-state index contributed by atoms with van der Waals surface area (Å²) in [7, 11) is 0. The third kappa shape index (κ3) is 4.26. The molecule has 0 spiro atoms. The molecular formula is C15H13N3O6. The molecule has 2 rings (SSSR count). The van der Waals surface area contributed by atoms with E-state index in [2.05, 4.69) is 5.32 Å². The van der Waals surface area contributed by atoms with Crippen molar-refractivity contribution < 1.29 is 19.7 Å². The zero-order valence-electron chi connectivity index (χ0n) is 12.3. The number of anilines is 1. The Labute approximate surface area is 135 Å². The zero-order chi connectivity index (χ0) is 17.7. The van der Waals surface area contributed by atoms with Crippen LogP contribution in [0.4, 0.5) is 17.1 Å². The van der Waals surface area contributed by atoms with E-state index in [0.29, 0.717) is 16.8 Å². The number of rotatable bonds is 7. The molecule has 0 aliphatic rings. The highest BCUT2D eigenvalue weighted by molar-refractivity contribution is 5.73. The molecule has 24 heavy (non-hydrogen) atoms. The van der Waals surface area contributed by atoms with Gasteiger partial charge in [-0.05, 0) is 23.6 Å². The summed E-state index contributed by atoms with van der Waals surface area (Å²) in [6.45, 7) is -0.286. The van der Waals surface area contributed by atoms with Crippen molar-refractivity contribution >= 4 is 23.0 Å². The number of carbonyl (C=O) groups is 1. The fraction of sp³-hybridized carbons (Fsp3) is 0.133. The average Bonchev–Trinajstić information content (AvgIpc) is 2.53. The number of non-ortho nitro benzene ring substituents is 2. The molecule has 0 heterocycles. The second-order valence-corrected chi connectivity index (χ2v) is 4.95. The van der Waals surface area contributed by atoms with Gasteiger partial charge in [-0.25, -0.2) is 0 Å². The molecule has 0 amide bonds. The van der Waals surface area contributed by atoms with Gasteiger partial charge in [0.2, 0.25) is 0 Å². The van der Waals surface area contributed by atoms with Gasteiger partial charge in [0.1, 0.15) is 6.54 Å². The zero-order valence-corrected chi connectivity index (χ0v) is 12.3. The van der Waals surface area contributed by atoms with E-state index in [1.165, 1.54) is 12.1 Å². The molecule has 0 radical (unpaired) electrons. The van der Waals surface area contributed by atoms with Crippen LogP contribution in [0.3, 0.4) is 0 Å². The van der Waals surface area contributed by atoms with Crippen molar-refractivity contribution in [2.75, 3.05) is 11.9 Å². The van der Waals surface area contributed by atoms with Crippen LogP contribution in [0.25, 0.3) is 0 Å². The summed E-state index contributed by atoms with van der Waals surface area (Å²) in [5, 5.41) is 33.3. The number of nitrogens with one attached hydrogen (secondary N) is 1. The Bertz CT molecular complexity index is 773. The minimum atomic E-state index is -1.03. The Balaban J connectivity index is 2.35. The van der Waals surface area contributed by atoms with E-state index in [4.69, 9.17) is 5.11 Å². The Morgan fingerprint density at radius 3 is 2.17 bits per heavy atom. The molecule has 0 fully saturated rings. The predicted octanol–water partition coefficient (Wildman–Crippen LogP) is 2.59. The molecule has 9 nitrogen and oxygen atoms in total. The monoisotopic (exact) mass is 331 g/mol. The molecular weight excluding hydrogens is 318 g/mol. The molecule has 0 saturated carbocycles. The first-order chi connectivity index (χ1) is 11.4. The maximum atomic E-state index is 10.9. The van der Waals surface area contributed by atoms with E-state index in [1.54, 1.807) is 24.3 Å². The van der Waals surface area contributed by atoms with Gasteiger partial charge < -0.3 is 10.4 Å². The van der Waals surface area contributed by atoms with Crippen LogP contribution in [-0.4, -0.2) is 27.5 Å². The van der Waals surface area contributed by atoms with Crippen molar-refractivity contribution in [3.05, 3.63) is 73.8 Å². The third-order valence-electron chi connectivity index (χ3n) is 3.23. The summed E-state index contributed by atoms with van der Waals surface area (Å²) in [5.41, 5.74) is 0.883. The fourth-order valence-electron chi connectivity index (χ4n) is 2.21. The van der Waals surface area contributed by atoms with Crippen LogP contribution in [0.1, 0.15) is 11.1 Å². The first-order valence-electron chi connectivity index (χ1n) is 6.83. The number of benzene rings is 2. The third-order valence-corrected chi connectivity index (χ3v) is 3.23. The minimum Gasteiger partial charge on any atom is -0.480 e. The summed E-state index contributed by atoms with van der Waals surface area (Å²) in [6, 6.07) is 10.3. The van der Waals surface area contributed by atoms with E-state index in [-0.39, 0.29) is 24.3 Å². The Morgan fingerprint density at radius 2 is 1.62 bits per heavy atom. The van der Waals surface area contributed by atoms with Crippen LogP contribution in [0.5, 0.6) is 0 Å². The number of carboxylic acids is 1. The molecule has 2 N–H and O–H groups in total. The van der Waals surface area contributed by atoms with Crippen molar-refractivity contribution in [1.82, 2.24) is 0 Å². The molecule has 124 valence electrons. The highest BCUT2D eigenvalue weighted by atomic mass is 16.6. The van der Waals surface area contributed by atoms with E-state index in [9.17, 15) is 25.0 Å². The standard InChI is InChI=1S/C15H13N3O6/c19-15(20)9-16-14-4-2-1-3-11(14)5-10-6-12(17(21)22)8-13(7-10)18(23)24/h1-4,6-8,16H,5,9H2,(H,19,20). The Kier molecular flexibility index (Phi) is 5.05. The second kappa shape index (κ2) is 7.18. The van der Waals surface area contributed by atoms with Gasteiger partial charge in [-0.15, -0.1) is 0 Å². The minimum absolute atomic E-state index is 0.186. The number of nitro groups is 2. The molecule has 0 unspecified atom stereocenters. The van der Waals surface area contributed by atoms with Gasteiger partial charge in [0, 0.05) is 17.8 Å². The number of nitro benzene ring substituents is 2. The number of para-hydroxylation sites is 1. The smallest absolute Gasteiger partial charge is 0.322 e. The van der Waals surface area contributed by atoms with Gasteiger partial charge in [0.25, 0.3) is 11.4 Å². The topological polar surface area (TPSA) is 136 Å². The van der Waals surface area contributed by atoms with Crippen LogP contribution in [-0.2, 0) is 11.2 Å². The average molecular weight is 331 g/mol. The van der Waals surface area contributed by atoms with E-state index >= 15 is 0 Å². The number of nitrogens with zero attached hydrogens (tertiary/aromatic N) is 2. The van der Waals surface area contributed by atoms with Crippen LogP contribution in [0.2, 0.25) is 0 Å². The molecule has 0 bridgehead atoms. The second-order valence-electron chi connectivity index (χ2n) is 4.95. The van der Waals surface area contributed by atoms with Gasteiger partial charge in [0.15, 0.2) is 0 Å². The molecule has 2 aromatic carbocycles. The van der Waals surface area contributed by atoms with Crippen molar-refractivity contribution in [1.29, 1.82) is 0 Å². The summed E-state index contributed by atoms with van der Waals surface area (Å²) >= 11 is 0. The number of hydrogen-bond donors (Lipinski definition) is 2. The predicted molar refractivity (Wildman–Crippen MR) is 85.1 cm³/mol. The van der Waals surface area contributed by atoms with Crippen LogP contribution in [0, 0.1) is 20.2 Å². The summed E-state index contributed by atoms with van der Waals surface area (Å²) in [6.07, 6.45) is 0.186. The van der Waals surface area contributed by atoms with Gasteiger partial charge in [-0.3, -0.25) is 25.0 Å². The van der Waals surface area contributed by atoms with Crippen LogP contribution >= 0.6 is 0 Å². The first-order valence-corrected chi connectivity index (χ1v) is 6.83. The highest BCUT2D eigenvalue weighted by Gasteiger charge is 2.17. The van der Waals surface area contributed by atoms with Crippen LogP contribution in [0.15, 0.2) is 42.5 Å². The fourth-order valence-corrected chi connectivity index (χ4v) is 2.21. The summed E-state index contributed by atoms with van der Waals surface area (Å²) in [5.74, 6) is -1.03. The molecule has 0 aliphatic heterocycles. The van der Waals surface area contributed by atoms with Gasteiger partial charge >= 0.3 is 5.97 Å². The molecule has 0 saturated heterocycles. The van der Waals surface area contributed by atoms with Gasteiger partial charge in [0.05, 0.1) is 15.9 Å². The molecule has 0 atom stereocenters. The van der Waals surface area contributed by atoms with E-state index in [0.717, 1.165) is 6.07 Å². The summed E-state index contributed by atoms with van der Waals surface area (Å²) in [4.78, 5) is 31.2. The Hall–Kier alpha value is -3.49. The highest BCUT2D eigenvalue weighted by Crippen LogP contribution is 2.26. The lowest BCUT2D eigenvalue weighted by Gasteiger charge is -2.10. The lowest BCUT2D eigenvalue weighted by Crippen LogP contribution is -2.13. The van der Waals surface area contributed by atoms with E-state index < -0.39 is 15.8 Å². The largest absolute Gasteiger partial charge is 0.480 e. The van der Waals surface area contributed by atoms with Crippen molar-refractivity contribution in [3.8, 4) is 0 Å².